The lowest BCUT2D eigenvalue weighted by molar-refractivity contribution is -0.134. The molecule has 0 aromatic carbocycles. The lowest BCUT2D eigenvalue weighted by Crippen LogP contribution is -2.24. The molecule has 0 aromatic rings. The standard InChI is InChI=1S/C11H22.C2H4O2/c1-9-5-7-10(8-6-9)11(2,3)4;1-2(3)4/h9-10H,5-8H2,1-4H3;1H3,(H,3,4). The summed E-state index contributed by atoms with van der Waals surface area (Å²) in [6, 6.07) is 0. The molecule has 90 valence electrons. The van der Waals surface area contributed by atoms with Gasteiger partial charge in [0, 0.05) is 6.92 Å². The van der Waals surface area contributed by atoms with E-state index in [0.717, 1.165) is 18.8 Å². The Morgan fingerprint density at radius 2 is 1.47 bits per heavy atom. The first-order valence-corrected chi connectivity index (χ1v) is 5.93. The third-order valence-electron chi connectivity index (χ3n) is 3.24. The molecule has 0 radical (unpaired) electrons. The van der Waals surface area contributed by atoms with Crippen LogP contribution in [0.1, 0.15) is 60.3 Å². The number of hydrogen-bond acceptors (Lipinski definition) is 1. The van der Waals surface area contributed by atoms with E-state index in [0.29, 0.717) is 5.41 Å². The van der Waals surface area contributed by atoms with E-state index in [9.17, 15) is 0 Å². The first-order chi connectivity index (χ1) is 6.73. The first kappa shape index (κ1) is 14.5. The third kappa shape index (κ3) is 7.40. The van der Waals surface area contributed by atoms with Gasteiger partial charge in [-0.1, -0.05) is 40.5 Å². The highest BCUT2D eigenvalue weighted by Gasteiger charge is 2.27. The van der Waals surface area contributed by atoms with Gasteiger partial charge in [-0.3, -0.25) is 4.79 Å². The molecule has 0 bridgehead atoms. The maximum atomic E-state index is 9.00. The number of aliphatic carboxylic acids is 1. The van der Waals surface area contributed by atoms with Gasteiger partial charge in [-0.15, -0.1) is 0 Å². The van der Waals surface area contributed by atoms with Crippen molar-refractivity contribution in [2.75, 3.05) is 0 Å². The second-order valence-electron chi connectivity index (χ2n) is 5.84. The number of carboxylic acids is 1. The molecule has 0 unspecified atom stereocenters. The van der Waals surface area contributed by atoms with E-state index in [1.165, 1.54) is 25.7 Å². The predicted octanol–water partition coefficient (Wildman–Crippen LogP) is 3.95. The van der Waals surface area contributed by atoms with Crippen molar-refractivity contribution >= 4 is 5.97 Å². The van der Waals surface area contributed by atoms with Gasteiger partial charge in [-0.25, -0.2) is 0 Å². The Balaban J connectivity index is 0.000000423. The third-order valence-corrected chi connectivity index (χ3v) is 3.24. The highest BCUT2D eigenvalue weighted by Crippen LogP contribution is 2.39. The molecule has 1 N–H and O–H groups in total. The molecule has 1 aliphatic carbocycles. The second-order valence-corrected chi connectivity index (χ2v) is 5.84. The summed E-state index contributed by atoms with van der Waals surface area (Å²) in [5, 5.41) is 7.42. The SMILES string of the molecule is CC(=O)O.CC1CCC(C(C)(C)C)CC1. The fourth-order valence-electron chi connectivity index (χ4n) is 2.13. The van der Waals surface area contributed by atoms with Crippen LogP contribution >= 0.6 is 0 Å². The Bertz CT molecular complexity index is 179. The van der Waals surface area contributed by atoms with E-state index in [1.807, 2.05) is 0 Å². The molecule has 0 saturated heterocycles. The van der Waals surface area contributed by atoms with Crippen molar-refractivity contribution in [3.8, 4) is 0 Å². The van der Waals surface area contributed by atoms with Gasteiger partial charge >= 0.3 is 0 Å². The fourth-order valence-corrected chi connectivity index (χ4v) is 2.13. The minimum absolute atomic E-state index is 0.556. The Labute approximate surface area is 94.1 Å². The van der Waals surface area contributed by atoms with Gasteiger partial charge in [-0.05, 0) is 30.1 Å². The zero-order valence-electron chi connectivity index (χ0n) is 10.8. The molecule has 1 saturated carbocycles. The summed E-state index contributed by atoms with van der Waals surface area (Å²) in [5.74, 6) is 1.15. The van der Waals surface area contributed by atoms with E-state index < -0.39 is 5.97 Å². The number of carbonyl (C=O) groups is 1. The van der Waals surface area contributed by atoms with Crippen molar-refractivity contribution in [2.45, 2.75) is 60.3 Å². The maximum absolute atomic E-state index is 9.00. The number of hydrogen-bond donors (Lipinski definition) is 1. The van der Waals surface area contributed by atoms with Crippen LogP contribution in [-0.2, 0) is 4.79 Å². The largest absolute Gasteiger partial charge is 0.481 e. The van der Waals surface area contributed by atoms with Gasteiger partial charge in [0.2, 0.25) is 0 Å². The Kier molecular flexibility index (Phi) is 5.92. The molecule has 1 rings (SSSR count). The summed E-state index contributed by atoms with van der Waals surface area (Å²) in [6.45, 7) is 10.6. The van der Waals surface area contributed by atoms with Crippen molar-refractivity contribution in [1.29, 1.82) is 0 Å². The van der Waals surface area contributed by atoms with Crippen LogP contribution in [0.25, 0.3) is 0 Å². The zero-order valence-corrected chi connectivity index (χ0v) is 10.8. The fraction of sp³-hybridized carbons (Fsp3) is 0.923. The van der Waals surface area contributed by atoms with Crippen LogP contribution in [0.3, 0.4) is 0 Å². The number of carboxylic acid groups (broad SMARTS) is 1. The van der Waals surface area contributed by atoms with Crippen LogP contribution in [0.15, 0.2) is 0 Å². The lowest BCUT2D eigenvalue weighted by atomic mass is 9.70. The molecule has 0 spiro atoms. The van der Waals surface area contributed by atoms with Gasteiger partial charge < -0.3 is 5.11 Å². The van der Waals surface area contributed by atoms with E-state index in [1.54, 1.807) is 0 Å². The van der Waals surface area contributed by atoms with E-state index >= 15 is 0 Å². The van der Waals surface area contributed by atoms with Crippen molar-refractivity contribution < 1.29 is 9.90 Å². The minimum Gasteiger partial charge on any atom is -0.481 e. The van der Waals surface area contributed by atoms with Crippen LogP contribution in [0.4, 0.5) is 0 Å². The molecule has 0 aromatic heterocycles. The molecule has 0 heterocycles. The smallest absolute Gasteiger partial charge is 0.300 e. The van der Waals surface area contributed by atoms with E-state index in [-0.39, 0.29) is 0 Å². The molecular formula is C13H26O2. The normalized spacial score (nSPS) is 26.5. The summed E-state index contributed by atoms with van der Waals surface area (Å²) in [5.41, 5.74) is 0.556. The maximum Gasteiger partial charge on any atom is 0.300 e. The van der Waals surface area contributed by atoms with Gasteiger partial charge in [0.15, 0.2) is 0 Å². The van der Waals surface area contributed by atoms with Crippen molar-refractivity contribution in [3.63, 3.8) is 0 Å². The van der Waals surface area contributed by atoms with Crippen molar-refractivity contribution in [3.05, 3.63) is 0 Å². The zero-order chi connectivity index (χ0) is 12.1. The Morgan fingerprint density at radius 3 is 1.73 bits per heavy atom. The summed E-state index contributed by atoms with van der Waals surface area (Å²) < 4.78 is 0. The summed E-state index contributed by atoms with van der Waals surface area (Å²) in [7, 11) is 0. The summed E-state index contributed by atoms with van der Waals surface area (Å²) in [4.78, 5) is 9.00. The molecule has 0 atom stereocenters. The lowest BCUT2D eigenvalue weighted by Gasteiger charge is -2.35. The molecule has 15 heavy (non-hydrogen) atoms. The van der Waals surface area contributed by atoms with Gasteiger partial charge in [0.25, 0.3) is 5.97 Å². The topological polar surface area (TPSA) is 37.3 Å². The summed E-state index contributed by atoms with van der Waals surface area (Å²) in [6.07, 6.45) is 5.85. The van der Waals surface area contributed by atoms with Crippen LogP contribution in [0.5, 0.6) is 0 Å². The molecule has 2 heteroatoms. The first-order valence-electron chi connectivity index (χ1n) is 5.93. The van der Waals surface area contributed by atoms with Gasteiger partial charge in [0.1, 0.15) is 0 Å². The van der Waals surface area contributed by atoms with Crippen LogP contribution in [0, 0.1) is 17.3 Å². The van der Waals surface area contributed by atoms with Crippen molar-refractivity contribution in [2.24, 2.45) is 17.3 Å². The van der Waals surface area contributed by atoms with E-state index in [4.69, 9.17) is 9.90 Å². The molecule has 0 aliphatic heterocycles. The van der Waals surface area contributed by atoms with Gasteiger partial charge in [0.05, 0.1) is 0 Å². The average molecular weight is 214 g/mol. The average Bonchev–Trinajstić information content (AvgIpc) is 2.01. The molecule has 1 aliphatic rings. The molecule has 0 amide bonds. The minimum atomic E-state index is -0.833. The van der Waals surface area contributed by atoms with Crippen molar-refractivity contribution in [1.82, 2.24) is 0 Å². The Hall–Kier alpha value is -0.530. The molecule has 1 fully saturated rings. The van der Waals surface area contributed by atoms with Crippen LogP contribution < -0.4 is 0 Å². The highest BCUT2D eigenvalue weighted by atomic mass is 16.4. The quantitative estimate of drug-likeness (QED) is 0.663. The predicted molar refractivity (Wildman–Crippen MR) is 63.9 cm³/mol. The summed E-state index contributed by atoms with van der Waals surface area (Å²) >= 11 is 0. The highest BCUT2D eigenvalue weighted by molar-refractivity contribution is 5.62. The van der Waals surface area contributed by atoms with E-state index in [2.05, 4.69) is 27.7 Å². The van der Waals surface area contributed by atoms with Crippen LogP contribution in [0.2, 0.25) is 0 Å². The monoisotopic (exact) mass is 214 g/mol. The van der Waals surface area contributed by atoms with Crippen LogP contribution in [-0.4, -0.2) is 11.1 Å². The molecular weight excluding hydrogens is 188 g/mol. The Morgan fingerprint density at radius 1 is 1.13 bits per heavy atom. The number of rotatable bonds is 0. The molecule has 2 nitrogen and oxygen atoms in total. The second kappa shape index (κ2) is 6.14. The van der Waals surface area contributed by atoms with Gasteiger partial charge in [-0.2, -0.15) is 0 Å².